The molecule has 0 aromatic carbocycles. The van der Waals surface area contributed by atoms with E-state index in [0.717, 1.165) is 44.9 Å². The first kappa shape index (κ1) is 80.5. The first-order valence-electron chi connectivity index (χ1n) is 36.2. The van der Waals surface area contributed by atoms with Crippen LogP contribution in [-0.2, 0) is 33.3 Å². The van der Waals surface area contributed by atoms with Crippen molar-refractivity contribution >= 4 is 17.9 Å². The molecule has 0 aliphatic heterocycles. The summed E-state index contributed by atoms with van der Waals surface area (Å²) in [5, 5.41) is 9.74. The van der Waals surface area contributed by atoms with E-state index in [1.807, 2.05) is 21.1 Å². The molecule has 0 saturated carbocycles. The quantitative estimate of drug-likeness (QED) is 0.0211. The van der Waals surface area contributed by atoms with Crippen molar-refractivity contribution in [1.29, 1.82) is 0 Å². The summed E-state index contributed by atoms with van der Waals surface area (Å²) in [6.07, 6.45) is 79.9. The summed E-state index contributed by atoms with van der Waals surface area (Å²) in [5.74, 6) is -1.98. The van der Waals surface area contributed by atoms with Gasteiger partial charge in [0.2, 0.25) is 0 Å². The standard InChI is InChI=1S/C74H139NO8/c1-6-8-10-12-14-16-18-20-22-24-26-28-29-30-31-32-33-34-35-36-37-38-39-40-41-42-43-45-47-49-51-53-55-57-59-61-63-65-72(77)83-70(69-82-74(73(78)79)80-67-66-75(3,4)5)68-81-71(76)64-62-60-58-56-54-52-50-48-46-44-27-25-23-21-19-17-15-13-11-9-7-2/h18,20,24-27,70,74H,6-17,19,21-23,28-69H2,1-5H3/p+1/b20-18-,26-24-,27-25-. The molecule has 83 heavy (non-hydrogen) atoms. The Labute approximate surface area is 515 Å². The van der Waals surface area contributed by atoms with Crippen LogP contribution < -0.4 is 0 Å². The maximum absolute atomic E-state index is 12.9. The minimum atomic E-state index is -1.51. The fraction of sp³-hybridized carbons (Fsp3) is 0.878. The Bertz CT molecular complexity index is 1450. The second-order valence-electron chi connectivity index (χ2n) is 25.9. The molecule has 9 heteroatoms. The van der Waals surface area contributed by atoms with Crippen LogP contribution in [0.1, 0.15) is 361 Å². The first-order chi connectivity index (χ1) is 40.6. The van der Waals surface area contributed by atoms with Crippen LogP contribution in [0.15, 0.2) is 36.5 Å². The van der Waals surface area contributed by atoms with Crippen molar-refractivity contribution in [3.63, 3.8) is 0 Å². The van der Waals surface area contributed by atoms with Crippen molar-refractivity contribution in [2.24, 2.45) is 0 Å². The van der Waals surface area contributed by atoms with Gasteiger partial charge in [-0.2, -0.15) is 0 Å². The van der Waals surface area contributed by atoms with E-state index >= 15 is 0 Å². The van der Waals surface area contributed by atoms with Crippen molar-refractivity contribution in [1.82, 2.24) is 0 Å². The number of likely N-dealkylation sites (N-methyl/N-ethyl adjacent to an activating group) is 1. The summed E-state index contributed by atoms with van der Waals surface area (Å²) in [5.41, 5.74) is 0. The van der Waals surface area contributed by atoms with Gasteiger partial charge in [0.15, 0.2) is 6.10 Å². The lowest BCUT2D eigenvalue weighted by atomic mass is 10.0. The Kier molecular flexibility index (Phi) is 63.5. The van der Waals surface area contributed by atoms with Crippen LogP contribution in [-0.4, -0.2) is 87.4 Å². The van der Waals surface area contributed by atoms with Crippen LogP contribution in [0.4, 0.5) is 0 Å². The third kappa shape index (κ3) is 66.9. The van der Waals surface area contributed by atoms with Crippen LogP contribution in [0, 0.1) is 0 Å². The third-order valence-corrected chi connectivity index (χ3v) is 16.4. The van der Waals surface area contributed by atoms with Crippen molar-refractivity contribution in [3.8, 4) is 0 Å². The van der Waals surface area contributed by atoms with Crippen molar-refractivity contribution in [2.75, 3.05) is 47.5 Å². The SMILES string of the molecule is CCCCCCC/C=C\C/C=C\CCCCCCCCCCCCCCCCCCCCCCCCCCCC(=O)OC(COC(=O)CCCCCCCCCCC/C=C\CCCCCCCCCC)COC(OCC[N+](C)(C)C)C(=O)O. The number of nitrogens with zero attached hydrogens (tertiary/aromatic N) is 1. The smallest absolute Gasteiger partial charge is 0.361 e. The predicted octanol–water partition coefficient (Wildman–Crippen LogP) is 22.4. The van der Waals surface area contributed by atoms with E-state index in [9.17, 15) is 19.5 Å². The maximum atomic E-state index is 12.9. The van der Waals surface area contributed by atoms with E-state index in [4.69, 9.17) is 18.9 Å². The zero-order valence-electron chi connectivity index (χ0n) is 55.9. The molecule has 0 amide bonds. The number of ether oxygens (including phenoxy) is 4. The summed E-state index contributed by atoms with van der Waals surface area (Å²) in [6.45, 7) is 4.93. The van der Waals surface area contributed by atoms with Gasteiger partial charge in [0.25, 0.3) is 6.29 Å². The first-order valence-corrected chi connectivity index (χ1v) is 36.2. The Morgan fingerprint density at radius 2 is 0.651 bits per heavy atom. The molecule has 0 aliphatic carbocycles. The Balaban J connectivity index is 3.99. The van der Waals surface area contributed by atoms with Crippen LogP contribution in [0.3, 0.4) is 0 Å². The van der Waals surface area contributed by atoms with E-state index in [1.165, 1.54) is 289 Å². The number of quaternary nitrogens is 1. The van der Waals surface area contributed by atoms with Gasteiger partial charge in [0.1, 0.15) is 13.2 Å². The molecule has 488 valence electrons. The van der Waals surface area contributed by atoms with Gasteiger partial charge in [0, 0.05) is 12.8 Å². The van der Waals surface area contributed by atoms with Crippen LogP contribution in [0.25, 0.3) is 0 Å². The number of aliphatic carboxylic acids is 1. The molecule has 0 radical (unpaired) electrons. The topological polar surface area (TPSA) is 108 Å². The highest BCUT2D eigenvalue weighted by Crippen LogP contribution is 2.19. The number of carboxylic acid groups (broad SMARTS) is 1. The highest BCUT2D eigenvalue weighted by atomic mass is 16.7. The molecule has 9 nitrogen and oxygen atoms in total. The van der Waals surface area contributed by atoms with Gasteiger partial charge in [-0.15, -0.1) is 0 Å². The molecule has 2 unspecified atom stereocenters. The molecule has 2 atom stereocenters. The van der Waals surface area contributed by atoms with Gasteiger partial charge in [0.05, 0.1) is 34.4 Å². The lowest BCUT2D eigenvalue weighted by Crippen LogP contribution is -2.40. The van der Waals surface area contributed by atoms with Crippen molar-refractivity contribution < 1.29 is 42.9 Å². The fourth-order valence-electron chi connectivity index (χ4n) is 10.8. The predicted molar refractivity (Wildman–Crippen MR) is 355 cm³/mol. The zero-order valence-corrected chi connectivity index (χ0v) is 55.9. The molecular formula is C74H140NO8+. The number of esters is 2. The number of hydrogen-bond donors (Lipinski definition) is 1. The van der Waals surface area contributed by atoms with Crippen molar-refractivity contribution in [3.05, 3.63) is 36.5 Å². The zero-order chi connectivity index (χ0) is 60.5. The van der Waals surface area contributed by atoms with Gasteiger partial charge < -0.3 is 28.5 Å². The van der Waals surface area contributed by atoms with E-state index < -0.39 is 18.4 Å². The Morgan fingerprint density at radius 3 is 0.964 bits per heavy atom. The Hall–Kier alpha value is -2.49. The molecule has 0 spiro atoms. The van der Waals surface area contributed by atoms with Gasteiger partial charge >= 0.3 is 17.9 Å². The van der Waals surface area contributed by atoms with Crippen LogP contribution in [0.5, 0.6) is 0 Å². The summed E-state index contributed by atoms with van der Waals surface area (Å²) >= 11 is 0. The van der Waals surface area contributed by atoms with Gasteiger partial charge in [-0.3, -0.25) is 9.59 Å². The Morgan fingerprint density at radius 1 is 0.361 bits per heavy atom. The van der Waals surface area contributed by atoms with Crippen LogP contribution >= 0.6 is 0 Å². The lowest BCUT2D eigenvalue weighted by Gasteiger charge is -2.25. The minimum absolute atomic E-state index is 0.178. The summed E-state index contributed by atoms with van der Waals surface area (Å²) < 4.78 is 23.0. The van der Waals surface area contributed by atoms with E-state index in [-0.39, 0.29) is 38.2 Å². The summed E-state index contributed by atoms with van der Waals surface area (Å²) in [6, 6.07) is 0. The van der Waals surface area contributed by atoms with E-state index in [1.54, 1.807) is 0 Å². The number of hydrogen-bond acceptors (Lipinski definition) is 7. The van der Waals surface area contributed by atoms with Gasteiger partial charge in [-0.05, 0) is 70.6 Å². The number of carbonyl (C=O) groups excluding carboxylic acids is 2. The highest BCUT2D eigenvalue weighted by Gasteiger charge is 2.25. The van der Waals surface area contributed by atoms with E-state index in [0.29, 0.717) is 17.4 Å². The average molecular weight is 1170 g/mol. The van der Waals surface area contributed by atoms with Gasteiger partial charge in [-0.25, -0.2) is 4.79 Å². The summed E-state index contributed by atoms with van der Waals surface area (Å²) in [7, 11) is 5.99. The second kappa shape index (κ2) is 65.5. The molecule has 0 bridgehead atoms. The average Bonchev–Trinajstić information content (AvgIpc) is 3.46. The molecule has 0 aromatic rings. The maximum Gasteiger partial charge on any atom is 0.361 e. The number of unbranched alkanes of at least 4 members (excludes halogenated alkanes) is 47. The minimum Gasteiger partial charge on any atom is -0.477 e. The van der Waals surface area contributed by atoms with Crippen LogP contribution in [0.2, 0.25) is 0 Å². The molecule has 0 aromatic heterocycles. The second-order valence-corrected chi connectivity index (χ2v) is 25.9. The van der Waals surface area contributed by atoms with Crippen molar-refractivity contribution in [2.45, 2.75) is 373 Å². The third-order valence-electron chi connectivity index (χ3n) is 16.4. The number of allylic oxidation sites excluding steroid dienone is 6. The molecule has 0 rings (SSSR count). The normalized spacial score (nSPS) is 12.8. The molecule has 0 aliphatic rings. The highest BCUT2D eigenvalue weighted by molar-refractivity contribution is 5.71. The molecule has 0 saturated heterocycles. The molecule has 1 N–H and O–H groups in total. The lowest BCUT2D eigenvalue weighted by molar-refractivity contribution is -0.870. The largest absolute Gasteiger partial charge is 0.477 e. The monoisotopic (exact) mass is 1170 g/mol. The number of carbonyl (C=O) groups is 3. The molecule has 0 fully saturated rings. The van der Waals surface area contributed by atoms with Gasteiger partial charge in [-0.1, -0.05) is 314 Å². The number of carboxylic acids is 1. The fourth-order valence-corrected chi connectivity index (χ4v) is 10.8. The van der Waals surface area contributed by atoms with E-state index in [2.05, 4.69) is 50.3 Å². The summed E-state index contributed by atoms with van der Waals surface area (Å²) in [4.78, 5) is 37.6. The molecular weight excluding hydrogens is 1030 g/mol. The molecule has 0 heterocycles. The number of rotatable bonds is 68.